The fourth-order valence-electron chi connectivity index (χ4n) is 1.72. The van der Waals surface area contributed by atoms with Crippen LogP contribution in [0.25, 0.3) is 0 Å². The van der Waals surface area contributed by atoms with E-state index in [1.165, 1.54) is 6.92 Å². The molecule has 16 heavy (non-hydrogen) atoms. The third-order valence-corrected chi connectivity index (χ3v) is 3.33. The van der Waals surface area contributed by atoms with Crippen LogP contribution in [0.5, 0.6) is 0 Å². The molecular weight excluding hydrogens is 274 g/mol. The van der Waals surface area contributed by atoms with Crippen LogP contribution in [0.4, 0.5) is 5.69 Å². The average Bonchev–Trinajstić information content (AvgIpc) is 2.20. The van der Waals surface area contributed by atoms with Crippen LogP contribution in [0.3, 0.4) is 0 Å². The Morgan fingerprint density at radius 1 is 1.56 bits per heavy atom. The molecule has 0 aromatic heterocycles. The highest BCUT2D eigenvalue weighted by molar-refractivity contribution is 9.10. The monoisotopic (exact) mass is 283 g/mol. The van der Waals surface area contributed by atoms with Gasteiger partial charge in [-0.2, -0.15) is 0 Å². The molecule has 1 aliphatic rings. The molecule has 0 spiro atoms. The quantitative estimate of drug-likeness (QED) is 0.775. The maximum Gasteiger partial charge on any atom is 0.319 e. The van der Waals surface area contributed by atoms with Crippen LogP contribution in [-0.2, 0) is 16.0 Å². The number of aliphatic carboxylic acids is 1. The molecule has 1 unspecified atom stereocenters. The van der Waals surface area contributed by atoms with Crippen LogP contribution < -0.4 is 5.32 Å². The second-order valence-corrected chi connectivity index (χ2v) is 4.99. The molecule has 0 bridgehead atoms. The van der Waals surface area contributed by atoms with Gasteiger partial charge in [-0.15, -0.1) is 0 Å². The predicted molar refractivity (Wildman–Crippen MR) is 62.2 cm³/mol. The SMILES string of the molecule is CC1(C(=O)O)Cc2cc(Br)ccc2NC1=O. The van der Waals surface area contributed by atoms with Gasteiger partial charge in [0.2, 0.25) is 5.91 Å². The summed E-state index contributed by atoms with van der Waals surface area (Å²) in [7, 11) is 0. The van der Waals surface area contributed by atoms with E-state index in [1.807, 2.05) is 12.1 Å². The van der Waals surface area contributed by atoms with Crippen molar-refractivity contribution in [2.24, 2.45) is 5.41 Å². The summed E-state index contributed by atoms with van der Waals surface area (Å²) in [6, 6.07) is 5.40. The molecule has 4 nitrogen and oxygen atoms in total. The minimum Gasteiger partial charge on any atom is -0.480 e. The third kappa shape index (κ3) is 1.61. The molecule has 1 heterocycles. The molecule has 2 rings (SSSR count). The van der Waals surface area contributed by atoms with Gasteiger partial charge in [-0.05, 0) is 37.1 Å². The number of carbonyl (C=O) groups is 2. The largest absolute Gasteiger partial charge is 0.480 e. The van der Waals surface area contributed by atoms with Gasteiger partial charge in [0.15, 0.2) is 0 Å². The first-order valence-electron chi connectivity index (χ1n) is 4.77. The highest BCUT2D eigenvalue weighted by atomic mass is 79.9. The van der Waals surface area contributed by atoms with Crippen molar-refractivity contribution in [3.05, 3.63) is 28.2 Å². The molecule has 1 amide bonds. The van der Waals surface area contributed by atoms with Gasteiger partial charge in [0, 0.05) is 10.2 Å². The summed E-state index contributed by atoms with van der Waals surface area (Å²) in [5.41, 5.74) is 0.138. The Bertz CT molecular complexity index is 486. The summed E-state index contributed by atoms with van der Waals surface area (Å²) in [4.78, 5) is 22.8. The molecule has 0 saturated carbocycles. The van der Waals surface area contributed by atoms with Crippen molar-refractivity contribution in [2.75, 3.05) is 5.32 Å². The predicted octanol–water partition coefficient (Wildman–Crippen LogP) is 2.03. The first kappa shape index (κ1) is 11.1. The van der Waals surface area contributed by atoms with Crippen molar-refractivity contribution >= 4 is 33.5 Å². The lowest BCUT2D eigenvalue weighted by atomic mass is 9.79. The second kappa shape index (κ2) is 3.59. The zero-order valence-corrected chi connectivity index (χ0v) is 10.2. The number of anilines is 1. The lowest BCUT2D eigenvalue weighted by Crippen LogP contribution is -2.45. The van der Waals surface area contributed by atoms with E-state index in [1.54, 1.807) is 6.07 Å². The number of carbonyl (C=O) groups excluding carboxylic acids is 1. The lowest BCUT2D eigenvalue weighted by Gasteiger charge is -2.30. The number of carboxylic acid groups (broad SMARTS) is 1. The van der Waals surface area contributed by atoms with Gasteiger partial charge in [-0.3, -0.25) is 9.59 Å². The zero-order chi connectivity index (χ0) is 11.9. The molecule has 0 saturated heterocycles. The number of rotatable bonds is 1. The maximum atomic E-state index is 11.7. The average molecular weight is 284 g/mol. The number of nitrogens with one attached hydrogen (secondary N) is 1. The number of fused-ring (bicyclic) bond motifs is 1. The molecule has 1 atom stereocenters. The van der Waals surface area contributed by atoms with E-state index in [0.717, 1.165) is 10.0 Å². The van der Waals surface area contributed by atoms with E-state index in [0.29, 0.717) is 5.69 Å². The number of carboxylic acids is 1. The van der Waals surface area contributed by atoms with Gasteiger partial charge in [0.05, 0.1) is 0 Å². The normalized spacial score (nSPS) is 23.5. The summed E-state index contributed by atoms with van der Waals surface area (Å²) in [5, 5.41) is 11.7. The fourth-order valence-corrected chi connectivity index (χ4v) is 2.13. The Labute approximate surface area is 101 Å². The first-order chi connectivity index (χ1) is 7.43. The van der Waals surface area contributed by atoms with Crippen molar-refractivity contribution in [2.45, 2.75) is 13.3 Å². The number of halogens is 1. The fraction of sp³-hybridized carbons (Fsp3) is 0.273. The molecule has 1 aliphatic heterocycles. The van der Waals surface area contributed by atoms with Crippen molar-refractivity contribution < 1.29 is 14.7 Å². The third-order valence-electron chi connectivity index (χ3n) is 2.83. The summed E-state index contributed by atoms with van der Waals surface area (Å²) in [6.45, 7) is 1.44. The number of hydrogen-bond donors (Lipinski definition) is 2. The Morgan fingerprint density at radius 2 is 2.25 bits per heavy atom. The minimum absolute atomic E-state index is 0.211. The van der Waals surface area contributed by atoms with Gasteiger partial charge in [-0.1, -0.05) is 15.9 Å². The lowest BCUT2D eigenvalue weighted by molar-refractivity contribution is -0.153. The van der Waals surface area contributed by atoms with Gasteiger partial charge in [-0.25, -0.2) is 0 Å². The minimum atomic E-state index is -1.38. The zero-order valence-electron chi connectivity index (χ0n) is 8.58. The maximum absolute atomic E-state index is 11.7. The summed E-state index contributed by atoms with van der Waals surface area (Å²) in [5.74, 6) is -1.56. The van der Waals surface area contributed by atoms with E-state index >= 15 is 0 Å². The Hall–Kier alpha value is -1.36. The van der Waals surface area contributed by atoms with E-state index in [-0.39, 0.29) is 6.42 Å². The summed E-state index contributed by atoms with van der Waals surface area (Å²) >= 11 is 3.32. The summed E-state index contributed by atoms with van der Waals surface area (Å²) in [6.07, 6.45) is 0.211. The second-order valence-electron chi connectivity index (χ2n) is 4.07. The summed E-state index contributed by atoms with van der Waals surface area (Å²) < 4.78 is 0.870. The topological polar surface area (TPSA) is 66.4 Å². The van der Waals surface area contributed by atoms with Crippen LogP contribution in [0, 0.1) is 5.41 Å². The van der Waals surface area contributed by atoms with Crippen LogP contribution in [0.15, 0.2) is 22.7 Å². The van der Waals surface area contributed by atoms with Crippen LogP contribution in [0.2, 0.25) is 0 Å². The van der Waals surface area contributed by atoms with Gasteiger partial charge in [0.1, 0.15) is 5.41 Å². The molecular formula is C11H10BrNO3. The Balaban J connectivity index is 2.48. The van der Waals surface area contributed by atoms with Crippen molar-refractivity contribution in [1.29, 1.82) is 0 Å². The molecule has 1 aromatic rings. The van der Waals surface area contributed by atoms with Crippen molar-refractivity contribution in [1.82, 2.24) is 0 Å². The van der Waals surface area contributed by atoms with Crippen LogP contribution in [-0.4, -0.2) is 17.0 Å². The number of benzene rings is 1. The van der Waals surface area contributed by atoms with E-state index < -0.39 is 17.3 Å². The van der Waals surface area contributed by atoms with E-state index in [2.05, 4.69) is 21.2 Å². The van der Waals surface area contributed by atoms with E-state index in [9.17, 15) is 9.59 Å². The number of hydrogen-bond acceptors (Lipinski definition) is 2. The molecule has 5 heteroatoms. The van der Waals surface area contributed by atoms with E-state index in [4.69, 9.17) is 5.11 Å². The van der Waals surface area contributed by atoms with Gasteiger partial charge >= 0.3 is 5.97 Å². The van der Waals surface area contributed by atoms with Gasteiger partial charge < -0.3 is 10.4 Å². The molecule has 1 aromatic carbocycles. The molecule has 84 valence electrons. The molecule has 0 radical (unpaired) electrons. The smallest absolute Gasteiger partial charge is 0.319 e. The Kier molecular flexibility index (Phi) is 2.50. The highest BCUT2D eigenvalue weighted by Crippen LogP contribution is 2.35. The first-order valence-corrected chi connectivity index (χ1v) is 5.56. The number of amides is 1. The highest BCUT2D eigenvalue weighted by Gasteiger charge is 2.44. The van der Waals surface area contributed by atoms with Crippen molar-refractivity contribution in [3.63, 3.8) is 0 Å². The standard InChI is InChI=1S/C11H10BrNO3/c1-11(10(15)16)5-6-4-7(12)2-3-8(6)13-9(11)14/h2-4H,5H2,1H3,(H,13,14)(H,15,16). The molecule has 0 fully saturated rings. The van der Waals surface area contributed by atoms with Gasteiger partial charge in [0.25, 0.3) is 0 Å². The van der Waals surface area contributed by atoms with Crippen LogP contribution in [0.1, 0.15) is 12.5 Å². The van der Waals surface area contributed by atoms with Crippen LogP contribution >= 0.6 is 15.9 Å². The molecule has 0 aliphatic carbocycles. The molecule has 2 N–H and O–H groups in total. The van der Waals surface area contributed by atoms with Crippen molar-refractivity contribution in [3.8, 4) is 0 Å². The Morgan fingerprint density at radius 3 is 2.88 bits per heavy atom.